The minimum atomic E-state index is 0.382. The van der Waals surface area contributed by atoms with Crippen molar-refractivity contribution < 1.29 is 9.26 Å². The minimum Gasteiger partial charge on any atom is -0.379 e. The summed E-state index contributed by atoms with van der Waals surface area (Å²) in [5.41, 5.74) is 4.49. The molecule has 0 aliphatic carbocycles. The minimum absolute atomic E-state index is 0.382. The van der Waals surface area contributed by atoms with Gasteiger partial charge in [-0.15, -0.1) is 0 Å². The number of pyridine rings is 2. The molecule has 6 rings (SSSR count). The van der Waals surface area contributed by atoms with E-state index in [1.807, 2.05) is 59.3 Å². The third-order valence-electron chi connectivity index (χ3n) is 5.69. The maximum Gasteiger partial charge on any atom is 0.276 e. The van der Waals surface area contributed by atoms with Crippen LogP contribution in [0.3, 0.4) is 0 Å². The highest BCUT2D eigenvalue weighted by atomic mass is 16.5. The molecule has 5 aromatic rings. The van der Waals surface area contributed by atoms with E-state index in [1.54, 1.807) is 12.5 Å². The van der Waals surface area contributed by atoms with Crippen LogP contribution in [0.1, 0.15) is 5.56 Å². The number of para-hydroxylation sites is 2. The van der Waals surface area contributed by atoms with Crippen LogP contribution in [-0.4, -0.2) is 60.9 Å². The lowest BCUT2D eigenvalue weighted by molar-refractivity contribution is 0.0341. The zero-order valence-electron chi connectivity index (χ0n) is 17.8. The molecule has 33 heavy (non-hydrogen) atoms. The van der Waals surface area contributed by atoms with Crippen molar-refractivity contribution in [3.63, 3.8) is 0 Å². The van der Waals surface area contributed by atoms with Gasteiger partial charge in [-0.05, 0) is 35.9 Å². The van der Waals surface area contributed by atoms with E-state index in [9.17, 15) is 0 Å². The van der Waals surface area contributed by atoms with Crippen molar-refractivity contribution >= 4 is 11.0 Å². The number of ether oxygens (including phenoxy) is 1. The molecule has 1 saturated heterocycles. The van der Waals surface area contributed by atoms with Crippen molar-refractivity contribution in [3.8, 4) is 28.8 Å². The molecule has 0 saturated carbocycles. The van der Waals surface area contributed by atoms with Gasteiger partial charge in [0.15, 0.2) is 0 Å². The Labute approximate surface area is 189 Å². The summed E-state index contributed by atoms with van der Waals surface area (Å²) in [6.45, 7) is 4.31. The zero-order chi connectivity index (χ0) is 22.0. The molecule has 1 aliphatic rings. The Morgan fingerprint density at radius 3 is 2.61 bits per heavy atom. The molecule has 4 aromatic heterocycles. The fraction of sp³-hybridized carbons (Fsp3) is 0.208. The van der Waals surface area contributed by atoms with Crippen molar-refractivity contribution in [2.75, 3.05) is 26.3 Å². The second-order valence-electron chi connectivity index (χ2n) is 7.87. The number of hydrogen-bond donors (Lipinski definition) is 0. The Kier molecular flexibility index (Phi) is 5.10. The van der Waals surface area contributed by atoms with Gasteiger partial charge in [0.25, 0.3) is 5.89 Å². The summed E-state index contributed by atoms with van der Waals surface area (Å²) in [6.07, 6.45) is 5.37. The molecule has 5 heterocycles. The van der Waals surface area contributed by atoms with Crippen LogP contribution < -0.4 is 0 Å². The fourth-order valence-corrected chi connectivity index (χ4v) is 3.91. The molecule has 164 valence electrons. The Balaban J connectivity index is 1.18. The third kappa shape index (κ3) is 3.99. The molecule has 9 heteroatoms. The van der Waals surface area contributed by atoms with Crippen molar-refractivity contribution in [2.45, 2.75) is 6.54 Å². The number of rotatable bonds is 5. The average molecular weight is 439 g/mol. The average Bonchev–Trinajstić information content (AvgIpc) is 3.53. The normalized spacial score (nSPS) is 14.7. The summed E-state index contributed by atoms with van der Waals surface area (Å²) in [7, 11) is 0. The maximum atomic E-state index is 5.46. The Hall–Kier alpha value is -3.95. The van der Waals surface area contributed by atoms with Gasteiger partial charge in [-0.2, -0.15) is 4.98 Å². The third-order valence-corrected chi connectivity index (χ3v) is 5.69. The van der Waals surface area contributed by atoms with Crippen LogP contribution in [0.5, 0.6) is 0 Å². The monoisotopic (exact) mass is 439 g/mol. The molecule has 0 unspecified atom stereocenters. The molecule has 0 bridgehead atoms. The number of aromatic nitrogens is 6. The molecule has 1 fully saturated rings. The van der Waals surface area contributed by atoms with Gasteiger partial charge in [0.2, 0.25) is 5.82 Å². The Bertz CT molecular complexity index is 1370. The highest BCUT2D eigenvalue weighted by Crippen LogP contribution is 2.23. The smallest absolute Gasteiger partial charge is 0.276 e. The Morgan fingerprint density at radius 1 is 0.879 bits per heavy atom. The van der Waals surface area contributed by atoms with Crippen molar-refractivity contribution in [1.82, 2.24) is 34.6 Å². The van der Waals surface area contributed by atoms with Crippen LogP contribution in [0.4, 0.5) is 0 Å². The summed E-state index contributed by atoms with van der Waals surface area (Å²) in [6, 6.07) is 15.7. The molecule has 0 N–H and O–H groups in total. The predicted octanol–water partition coefficient (Wildman–Crippen LogP) is 3.36. The number of benzene rings is 1. The van der Waals surface area contributed by atoms with Crippen LogP contribution in [0.15, 0.2) is 71.8 Å². The largest absolute Gasteiger partial charge is 0.379 e. The lowest BCUT2D eigenvalue weighted by atomic mass is 10.2. The number of hydrogen-bond acceptors (Lipinski definition) is 8. The molecule has 0 radical (unpaired) electrons. The first-order valence-electron chi connectivity index (χ1n) is 10.8. The van der Waals surface area contributed by atoms with Gasteiger partial charge < -0.3 is 9.26 Å². The number of imidazole rings is 1. The van der Waals surface area contributed by atoms with Crippen LogP contribution in [0.25, 0.3) is 39.8 Å². The Morgan fingerprint density at radius 2 is 1.79 bits per heavy atom. The van der Waals surface area contributed by atoms with Gasteiger partial charge >= 0.3 is 0 Å². The van der Waals surface area contributed by atoms with E-state index >= 15 is 0 Å². The molecule has 9 nitrogen and oxygen atoms in total. The quantitative estimate of drug-likeness (QED) is 0.411. The van der Waals surface area contributed by atoms with E-state index in [1.165, 1.54) is 0 Å². The highest BCUT2D eigenvalue weighted by Gasteiger charge is 2.14. The lowest BCUT2D eigenvalue weighted by Gasteiger charge is -2.26. The first kappa shape index (κ1) is 19.7. The summed E-state index contributed by atoms with van der Waals surface area (Å²) >= 11 is 0. The highest BCUT2D eigenvalue weighted by molar-refractivity contribution is 5.76. The lowest BCUT2D eigenvalue weighted by Crippen LogP contribution is -2.35. The van der Waals surface area contributed by atoms with Gasteiger partial charge in [0, 0.05) is 37.6 Å². The molecule has 1 aromatic carbocycles. The van der Waals surface area contributed by atoms with Gasteiger partial charge in [0.05, 0.1) is 24.2 Å². The molecule has 0 amide bonds. The zero-order valence-corrected chi connectivity index (χ0v) is 17.8. The van der Waals surface area contributed by atoms with E-state index < -0.39 is 0 Å². The molecule has 0 atom stereocenters. The van der Waals surface area contributed by atoms with Crippen molar-refractivity contribution in [2.24, 2.45) is 0 Å². The summed E-state index contributed by atoms with van der Waals surface area (Å²) < 4.78 is 12.8. The topological polar surface area (TPSA) is 95.0 Å². The van der Waals surface area contributed by atoms with Gasteiger partial charge in [0.1, 0.15) is 17.8 Å². The SMILES string of the molecule is c1ccc2c(c1)ncn2-c1ccc(-c2noc(-c3ccc(CN4CCOCC4)cn3)n2)cn1. The summed E-state index contributed by atoms with van der Waals surface area (Å²) in [5.74, 6) is 1.63. The molecular formula is C24H21N7O2. The standard InChI is InChI=1S/C24H21N7O2/c1-2-4-21-19(3-1)27-16-31(21)22-8-6-18(14-26-22)23-28-24(33-29-23)20-7-5-17(13-25-20)15-30-9-11-32-12-10-30/h1-8,13-14,16H,9-12,15H2. The first-order valence-corrected chi connectivity index (χ1v) is 10.8. The van der Waals surface area contributed by atoms with E-state index in [0.717, 1.165) is 60.8 Å². The van der Waals surface area contributed by atoms with Gasteiger partial charge in [-0.1, -0.05) is 23.4 Å². The van der Waals surface area contributed by atoms with Crippen LogP contribution in [0.2, 0.25) is 0 Å². The van der Waals surface area contributed by atoms with Crippen LogP contribution in [-0.2, 0) is 11.3 Å². The van der Waals surface area contributed by atoms with Crippen LogP contribution >= 0.6 is 0 Å². The molecular weight excluding hydrogens is 418 g/mol. The number of fused-ring (bicyclic) bond motifs is 1. The summed E-state index contributed by atoms with van der Waals surface area (Å²) in [4.78, 5) is 20.4. The second-order valence-corrected chi connectivity index (χ2v) is 7.87. The van der Waals surface area contributed by atoms with Gasteiger partial charge in [-0.25, -0.2) is 9.97 Å². The summed E-state index contributed by atoms with van der Waals surface area (Å²) in [5, 5.41) is 4.11. The van der Waals surface area contributed by atoms with Crippen molar-refractivity contribution in [1.29, 1.82) is 0 Å². The number of nitrogens with zero attached hydrogens (tertiary/aromatic N) is 7. The van der Waals surface area contributed by atoms with Crippen molar-refractivity contribution in [3.05, 3.63) is 72.8 Å². The van der Waals surface area contributed by atoms with Crippen LogP contribution in [0, 0.1) is 0 Å². The van der Waals surface area contributed by atoms with E-state index in [0.29, 0.717) is 17.4 Å². The van der Waals surface area contributed by atoms with E-state index in [2.05, 4.69) is 30.0 Å². The first-order chi connectivity index (χ1) is 16.3. The maximum absolute atomic E-state index is 5.46. The molecule has 1 aliphatic heterocycles. The predicted molar refractivity (Wildman–Crippen MR) is 121 cm³/mol. The second kappa shape index (κ2) is 8.53. The molecule has 0 spiro atoms. The van der Waals surface area contributed by atoms with E-state index in [-0.39, 0.29) is 0 Å². The van der Waals surface area contributed by atoms with Gasteiger partial charge in [-0.3, -0.25) is 14.5 Å². The van der Waals surface area contributed by atoms with E-state index in [4.69, 9.17) is 9.26 Å². The fourth-order valence-electron chi connectivity index (χ4n) is 3.91. The number of morpholine rings is 1.